The molecule has 1 heterocycles. The lowest BCUT2D eigenvalue weighted by molar-refractivity contribution is -0.0469. The van der Waals surface area contributed by atoms with Crippen LogP contribution in [0.15, 0.2) is 54.6 Å². The Kier molecular flexibility index (Phi) is 6.92. The molecule has 27 heavy (non-hydrogen) atoms. The van der Waals surface area contributed by atoms with E-state index in [0.717, 1.165) is 44.7 Å². The summed E-state index contributed by atoms with van der Waals surface area (Å²) in [6, 6.07) is 19.3. The molecule has 1 aliphatic heterocycles. The fraction of sp³-hybridized carbons (Fsp3) is 0.500. The summed E-state index contributed by atoms with van der Waals surface area (Å²) in [4.78, 5) is 0. The second kappa shape index (κ2) is 9.38. The highest BCUT2D eigenvalue weighted by atomic mass is 16.5. The summed E-state index contributed by atoms with van der Waals surface area (Å²) in [6.45, 7) is 7.29. The second-order valence-corrected chi connectivity index (χ2v) is 8.03. The summed E-state index contributed by atoms with van der Waals surface area (Å²) in [5.74, 6) is 1.46. The zero-order valence-electron chi connectivity index (χ0n) is 16.9. The number of hydrogen-bond donors (Lipinski definition) is 1. The summed E-state index contributed by atoms with van der Waals surface area (Å²) in [5, 5.41) is 3.64. The molecular weight excluding hydrogens is 334 g/mol. The predicted molar refractivity (Wildman–Crippen MR) is 111 cm³/mol. The third-order valence-corrected chi connectivity index (χ3v) is 5.90. The fourth-order valence-electron chi connectivity index (χ4n) is 4.11. The van der Waals surface area contributed by atoms with Gasteiger partial charge in [-0.3, -0.25) is 0 Å². The van der Waals surface area contributed by atoms with E-state index in [2.05, 4.69) is 61.6 Å². The first-order valence-corrected chi connectivity index (χ1v) is 10.1. The van der Waals surface area contributed by atoms with E-state index in [1.54, 1.807) is 7.11 Å². The lowest BCUT2D eigenvalue weighted by atomic mass is 9.68. The van der Waals surface area contributed by atoms with Gasteiger partial charge in [0.15, 0.2) is 0 Å². The Labute approximate surface area is 164 Å². The summed E-state index contributed by atoms with van der Waals surface area (Å²) in [5.41, 5.74) is 2.96. The molecule has 0 amide bonds. The summed E-state index contributed by atoms with van der Waals surface area (Å²) >= 11 is 0. The molecule has 3 nitrogen and oxygen atoms in total. The maximum absolute atomic E-state index is 6.08. The molecule has 0 aliphatic carbocycles. The van der Waals surface area contributed by atoms with Crippen LogP contribution in [0.25, 0.3) is 0 Å². The molecule has 1 N–H and O–H groups in total. The van der Waals surface area contributed by atoms with E-state index in [9.17, 15) is 0 Å². The second-order valence-electron chi connectivity index (χ2n) is 8.03. The first-order valence-electron chi connectivity index (χ1n) is 10.1. The van der Waals surface area contributed by atoms with Crippen LogP contribution in [-0.2, 0) is 16.7 Å². The summed E-state index contributed by atoms with van der Waals surface area (Å²) in [6.07, 6.45) is 3.70. The van der Waals surface area contributed by atoms with Crippen LogP contribution in [0.3, 0.4) is 0 Å². The van der Waals surface area contributed by atoms with Crippen molar-refractivity contribution < 1.29 is 9.47 Å². The van der Waals surface area contributed by atoms with E-state index in [1.165, 1.54) is 11.1 Å². The van der Waals surface area contributed by atoms with Gasteiger partial charge in [-0.25, -0.2) is 0 Å². The van der Waals surface area contributed by atoms with Gasteiger partial charge < -0.3 is 14.8 Å². The molecule has 146 valence electrons. The van der Waals surface area contributed by atoms with E-state index >= 15 is 0 Å². The molecule has 0 bridgehead atoms. The molecule has 2 atom stereocenters. The third-order valence-electron chi connectivity index (χ3n) is 5.90. The van der Waals surface area contributed by atoms with Gasteiger partial charge in [-0.1, -0.05) is 56.3 Å². The molecule has 0 radical (unpaired) electrons. The molecule has 1 fully saturated rings. The largest absolute Gasteiger partial charge is 0.497 e. The minimum absolute atomic E-state index is 0.210. The molecule has 2 aromatic carbocycles. The minimum Gasteiger partial charge on any atom is -0.497 e. The number of hydrogen-bond acceptors (Lipinski definition) is 3. The summed E-state index contributed by atoms with van der Waals surface area (Å²) in [7, 11) is 1.70. The highest BCUT2D eigenvalue weighted by Crippen LogP contribution is 2.41. The zero-order chi connectivity index (χ0) is 19.1. The SMILES string of the molecule is COc1ccc(CNCC[C@@]2(c3ccccc3)CCO[C@H](C(C)C)C2)cc1. The Morgan fingerprint density at radius 2 is 1.85 bits per heavy atom. The lowest BCUT2D eigenvalue weighted by Crippen LogP contribution is -2.42. The van der Waals surface area contributed by atoms with Crippen LogP contribution in [0.2, 0.25) is 0 Å². The van der Waals surface area contributed by atoms with Gasteiger partial charge in [0, 0.05) is 18.6 Å². The van der Waals surface area contributed by atoms with E-state index in [-0.39, 0.29) is 5.41 Å². The predicted octanol–water partition coefficient (Wildman–Crippen LogP) is 4.95. The molecule has 0 aromatic heterocycles. The van der Waals surface area contributed by atoms with Crippen molar-refractivity contribution in [2.75, 3.05) is 20.3 Å². The van der Waals surface area contributed by atoms with Crippen molar-refractivity contribution in [3.05, 3.63) is 65.7 Å². The minimum atomic E-state index is 0.210. The van der Waals surface area contributed by atoms with Crippen LogP contribution in [0.1, 0.15) is 44.2 Å². The van der Waals surface area contributed by atoms with Crippen molar-refractivity contribution >= 4 is 0 Å². The Bertz CT molecular complexity index is 683. The average molecular weight is 368 g/mol. The van der Waals surface area contributed by atoms with Crippen molar-refractivity contribution in [2.45, 2.75) is 51.2 Å². The number of benzene rings is 2. The Balaban J connectivity index is 1.63. The normalized spacial score (nSPS) is 22.7. The van der Waals surface area contributed by atoms with E-state index in [4.69, 9.17) is 9.47 Å². The highest BCUT2D eigenvalue weighted by molar-refractivity contribution is 5.28. The molecule has 0 spiro atoms. The quantitative estimate of drug-likeness (QED) is 0.670. The Morgan fingerprint density at radius 1 is 1.11 bits per heavy atom. The number of nitrogens with one attached hydrogen (secondary N) is 1. The molecule has 2 aromatic rings. The Hall–Kier alpha value is -1.84. The molecular formula is C24H33NO2. The van der Waals surface area contributed by atoms with Crippen LogP contribution in [0, 0.1) is 5.92 Å². The molecule has 1 aliphatic rings. The van der Waals surface area contributed by atoms with Gasteiger partial charge in [0.25, 0.3) is 0 Å². The first-order chi connectivity index (χ1) is 13.1. The van der Waals surface area contributed by atoms with Crippen molar-refractivity contribution in [1.82, 2.24) is 5.32 Å². The maximum atomic E-state index is 6.08. The molecule has 0 unspecified atom stereocenters. The highest BCUT2D eigenvalue weighted by Gasteiger charge is 2.38. The van der Waals surface area contributed by atoms with Crippen molar-refractivity contribution in [1.29, 1.82) is 0 Å². The third kappa shape index (κ3) is 5.12. The smallest absolute Gasteiger partial charge is 0.118 e. The van der Waals surface area contributed by atoms with Gasteiger partial charge >= 0.3 is 0 Å². The monoisotopic (exact) mass is 367 g/mol. The van der Waals surface area contributed by atoms with Crippen molar-refractivity contribution in [3.63, 3.8) is 0 Å². The average Bonchev–Trinajstić information content (AvgIpc) is 2.72. The van der Waals surface area contributed by atoms with Crippen LogP contribution in [0.4, 0.5) is 0 Å². The van der Waals surface area contributed by atoms with Crippen molar-refractivity contribution in [2.24, 2.45) is 5.92 Å². The van der Waals surface area contributed by atoms with Crippen LogP contribution >= 0.6 is 0 Å². The van der Waals surface area contributed by atoms with Crippen LogP contribution in [0.5, 0.6) is 5.75 Å². The number of rotatable bonds is 8. The first kappa shape index (κ1) is 19.9. The lowest BCUT2D eigenvalue weighted by Gasteiger charge is -2.43. The van der Waals surface area contributed by atoms with Crippen LogP contribution in [-0.4, -0.2) is 26.4 Å². The Morgan fingerprint density at radius 3 is 2.52 bits per heavy atom. The zero-order valence-corrected chi connectivity index (χ0v) is 16.9. The van der Waals surface area contributed by atoms with Crippen molar-refractivity contribution in [3.8, 4) is 5.75 Å². The molecule has 3 heteroatoms. The van der Waals surface area contributed by atoms with Gasteiger partial charge in [0.2, 0.25) is 0 Å². The fourth-order valence-corrected chi connectivity index (χ4v) is 4.11. The van der Waals surface area contributed by atoms with E-state index < -0.39 is 0 Å². The molecule has 0 saturated carbocycles. The van der Waals surface area contributed by atoms with Crippen LogP contribution < -0.4 is 10.1 Å². The number of ether oxygens (including phenoxy) is 2. The van der Waals surface area contributed by atoms with E-state index in [0.29, 0.717) is 12.0 Å². The standard InChI is InChI=1S/C24H33NO2/c1-19(2)23-17-24(14-16-27-23,21-7-5-4-6-8-21)13-15-25-18-20-9-11-22(26-3)12-10-20/h4-12,19,23,25H,13-18H2,1-3H3/t23-,24+/m0/s1. The van der Waals surface area contributed by atoms with Gasteiger partial charge in [-0.15, -0.1) is 0 Å². The van der Waals surface area contributed by atoms with Gasteiger partial charge in [-0.05, 0) is 55.0 Å². The molecule has 3 rings (SSSR count). The number of methoxy groups -OCH3 is 1. The van der Waals surface area contributed by atoms with E-state index in [1.807, 2.05) is 12.1 Å². The van der Waals surface area contributed by atoms with Gasteiger partial charge in [0.05, 0.1) is 13.2 Å². The topological polar surface area (TPSA) is 30.5 Å². The van der Waals surface area contributed by atoms with Gasteiger partial charge in [0.1, 0.15) is 5.75 Å². The molecule has 1 saturated heterocycles. The maximum Gasteiger partial charge on any atom is 0.118 e. The van der Waals surface area contributed by atoms with Gasteiger partial charge in [-0.2, -0.15) is 0 Å². The summed E-state index contributed by atoms with van der Waals surface area (Å²) < 4.78 is 11.3.